The maximum Gasteiger partial charge on any atom is 0.240 e. The Hall–Kier alpha value is -0.910. The lowest BCUT2D eigenvalue weighted by atomic mass is 10.1. The number of sulfonamides is 1. The van der Waals surface area contributed by atoms with E-state index in [1.165, 1.54) is 12.8 Å². The molecule has 4 nitrogen and oxygen atoms in total. The maximum absolute atomic E-state index is 12.5. The molecular weight excluding hydrogens is 284 g/mol. The molecule has 1 aliphatic carbocycles. The smallest absolute Gasteiger partial charge is 0.240 e. The third-order valence-electron chi connectivity index (χ3n) is 4.23. The highest BCUT2D eigenvalue weighted by molar-refractivity contribution is 7.89. The molecule has 2 rings (SSSR count). The summed E-state index contributed by atoms with van der Waals surface area (Å²) in [5, 5.41) is 3.13. The highest BCUT2D eigenvalue weighted by Gasteiger charge is 2.27. The first-order valence-corrected chi connectivity index (χ1v) is 9.24. The monoisotopic (exact) mass is 310 g/mol. The van der Waals surface area contributed by atoms with E-state index < -0.39 is 10.0 Å². The van der Waals surface area contributed by atoms with Gasteiger partial charge in [-0.25, -0.2) is 13.1 Å². The van der Waals surface area contributed by atoms with Crippen LogP contribution in [0.2, 0.25) is 0 Å². The zero-order valence-corrected chi connectivity index (χ0v) is 13.9. The quantitative estimate of drug-likeness (QED) is 0.776. The Morgan fingerprint density at radius 1 is 1.33 bits per heavy atom. The van der Waals surface area contributed by atoms with Gasteiger partial charge < -0.3 is 5.32 Å². The van der Waals surface area contributed by atoms with Gasteiger partial charge in [0.15, 0.2) is 0 Å². The lowest BCUT2D eigenvalue weighted by Gasteiger charge is -2.18. The van der Waals surface area contributed by atoms with Crippen LogP contribution in [0.3, 0.4) is 0 Å². The van der Waals surface area contributed by atoms with Crippen molar-refractivity contribution in [2.45, 2.75) is 56.5 Å². The lowest BCUT2D eigenvalue weighted by molar-refractivity contribution is 0.495. The summed E-state index contributed by atoms with van der Waals surface area (Å²) in [6, 6.07) is 7.36. The van der Waals surface area contributed by atoms with Crippen molar-refractivity contribution in [3.8, 4) is 0 Å². The molecule has 2 atom stereocenters. The van der Waals surface area contributed by atoms with E-state index >= 15 is 0 Å². The van der Waals surface area contributed by atoms with Crippen LogP contribution in [0, 0.1) is 5.92 Å². The van der Waals surface area contributed by atoms with Crippen LogP contribution in [0.1, 0.15) is 51.1 Å². The molecule has 2 unspecified atom stereocenters. The third kappa shape index (κ3) is 4.53. The third-order valence-corrected chi connectivity index (χ3v) is 5.75. The summed E-state index contributed by atoms with van der Waals surface area (Å²) < 4.78 is 27.9. The molecule has 118 valence electrons. The van der Waals surface area contributed by atoms with Crippen molar-refractivity contribution in [3.63, 3.8) is 0 Å². The molecule has 0 aliphatic heterocycles. The van der Waals surface area contributed by atoms with Gasteiger partial charge in [-0.3, -0.25) is 0 Å². The van der Waals surface area contributed by atoms with Crippen molar-refractivity contribution < 1.29 is 8.42 Å². The molecule has 0 spiro atoms. The van der Waals surface area contributed by atoms with E-state index in [1.54, 1.807) is 18.2 Å². The molecule has 0 heterocycles. The number of nitrogens with one attached hydrogen (secondary N) is 2. The maximum atomic E-state index is 12.5. The first-order chi connectivity index (χ1) is 9.96. The van der Waals surface area contributed by atoms with E-state index in [4.69, 9.17) is 0 Å². The summed E-state index contributed by atoms with van der Waals surface area (Å²) in [4.78, 5) is 0.358. The van der Waals surface area contributed by atoms with Gasteiger partial charge in [0, 0.05) is 12.1 Å². The predicted molar refractivity (Wildman–Crippen MR) is 85.7 cm³/mol. The summed E-state index contributed by atoms with van der Waals surface area (Å²) in [7, 11) is -1.56. The second kappa shape index (κ2) is 6.90. The van der Waals surface area contributed by atoms with Gasteiger partial charge >= 0.3 is 0 Å². The minimum Gasteiger partial charge on any atom is -0.313 e. The van der Waals surface area contributed by atoms with Crippen LogP contribution < -0.4 is 10.0 Å². The molecule has 0 aromatic heterocycles. The van der Waals surface area contributed by atoms with Crippen LogP contribution in [0.15, 0.2) is 29.2 Å². The van der Waals surface area contributed by atoms with Crippen LogP contribution in [-0.4, -0.2) is 21.5 Å². The molecule has 0 bridgehead atoms. The van der Waals surface area contributed by atoms with Gasteiger partial charge in [-0.05, 0) is 50.4 Å². The van der Waals surface area contributed by atoms with Gasteiger partial charge in [0.25, 0.3) is 0 Å². The molecular formula is C16H26N2O2S. The van der Waals surface area contributed by atoms with Crippen molar-refractivity contribution in [2.24, 2.45) is 5.92 Å². The summed E-state index contributed by atoms with van der Waals surface area (Å²) in [6.07, 6.45) is 4.28. The first kappa shape index (κ1) is 16.5. The normalized spacial score (nSPS) is 18.4. The number of hydrogen-bond acceptors (Lipinski definition) is 3. The minimum absolute atomic E-state index is 0.0490. The fraction of sp³-hybridized carbons (Fsp3) is 0.625. The lowest BCUT2D eigenvalue weighted by Crippen LogP contribution is -2.34. The zero-order chi connectivity index (χ0) is 15.5. The Labute approximate surface area is 128 Å². The molecule has 1 saturated carbocycles. The van der Waals surface area contributed by atoms with Crippen LogP contribution in [-0.2, 0) is 10.0 Å². The molecule has 0 saturated heterocycles. The van der Waals surface area contributed by atoms with Crippen molar-refractivity contribution in [1.82, 2.24) is 10.0 Å². The zero-order valence-electron chi connectivity index (χ0n) is 13.1. The van der Waals surface area contributed by atoms with E-state index in [9.17, 15) is 8.42 Å². The van der Waals surface area contributed by atoms with Crippen LogP contribution >= 0.6 is 0 Å². The fourth-order valence-corrected chi connectivity index (χ4v) is 3.85. The second-order valence-corrected chi connectivity index (χ2v) is 7.70. The summed E-state index contributed by atoms with van der Waals surface area (Å²) in [5.74, 6) is 0.716. The molecule has 0 amide bonds. The molecule has 0 radical (unpaired) electrons. The van der Waals surface area contributed by atoms with Crippen LogP contribution in [0.4, 0.5) is 0 Å². The van der Waals surface area contributed by atoms with E-state index in [-0.39, 0.29) is 12.1 Å². The largest absolute Gasteiger partial charge is 0.313 e. The highest BCUT2D eigenvalue weighted by Crippen LogP contribution is 2.34. The summed E-state index contributed by atoms with van der Waals surface area (Å²) >= 11 is 0. The molecule has 21 heavy (non-hydrogen) atoms. The van der Waals surface area contributed by atoms with E-state index in [0.29, 0.717) is 10.8 Å². The van der Waals surface area contributed by atoms with Crippen molar-refractivity contribution in [1.29, 1.82) is 0 Å². The molecule has 1 aromatic carbocycles. The van der Waals surface area contributed by atoms with Gasteiger partial charge in [0.1, 0.15) is 0 Å². The predicted octanol–water partition coefficient (Wildman–Crippen LogP) is 2.82. The van der Waals surface area contributed by atoms with E-state index in [1.807, 2.05) is 27.0 Å². The van der Waals surface area contributed by atoms with Crippen LogP contribution in [0.25, 0.3) is 0 Å². The highest BCUT2D eigenvalue weighted by atomic mass is 32.2. The summed E-state index contributed by atoms with van der Waals surface area (Å²) in [5.41, 5.74) is 0.982. The standard InChI is InChI=1S/C16H26N2O2S/c1-4-15(10-13-8-9-13)18-21(19,20)16-7-5-6-14(11-16)12(2)17-3/h5-7,11-13,15,17-18H,4,8-10H2,1-3H3. The Balaban J connectivity index is 2.13. The molecule has 1 fully saturated rings. The van der Waals surface area contributed by atoms with E-state index in [2.05, 4.69) is 10.0 Å². The Kier molecular flexibility index (Phi) is 5.41. The van der Waals surface area contributed by atoms with E-state index in [0.717, 1.165) is 18.4 Å². The average Bonchev–Trinajstić information content (AvgIpc) is 3.29. The minimum atomic E-state index is -3.43. The number of hydrogen-bond donors (Lipinski definition) is 2. The topological polar surface area (TPSA) is 58.2 Å². The molecule has 2 N–H and O–H groups in total. The van der Waals surface area contributed by atoms with Crippen molar-refractivity contribution in [3.05, 3.63) is 29.8 Å². The van der Waals surface area contributed by atoms with Crippen LogP contribution in [0.5, 0.6) is 0 Å². The average molecular weight is 310 g/mol. The van der Waals surface area contributed by atoms with Gasteiger partial charge in [-0.2, -0.15) is 0 Å². The first-order valence-electron chi connectivity index (χ1n) is 7.75. The number of benzene rings is 1. The van der Waals surface area contributed by atoms with Gasteiger partial charge in [0.05, 0.1) is 4.90 Å². The van der Waals surface area contributed by atoms with Gasteiger partial charge in [0.2, 0.25) is 10.0 Å². The van der Waals surface area contributed by atoms with Gasteiger partial charge in [-0.15, -0.1) is 0 Å². The van der Waals surface area contributed by atoms with Crippen molar-refractivity contribution >= 4 is 10.0 Å². The Bertz CT molecular complexity index is 567. The molecule has 5 heteroatoms. The Morgan fingerprint density at radius 2 is 2.05 bits per heavy atom. The second-order valence-electron chi connectivity index (χ2n) is 5.99. The van der Waals surface area contributed by atoms with Gasteiger partial charge in [-0.1, -0.05) is 31.9 Å². The molecule has 1 aliphatic rings. The number of rotatable bonds is 8. The molecule has 1 aromatic rings. The fourth-order valence-electron chi connectivity index (χ4n) is 2.46. The van der Waals surface area contributed by atoms with Crippen molar-refractivity contribution in [2.75, 3.05) is 7.05 Å². The summed E-state index contributed by atoms with van der Waals surface area (Å²) in [6.45, 7) is 4.05. The Morgan fingerprint density at radius 3 is 2.62 bits per heavy atom. The SMILES string of the molecule is CCC(CC1CC1)NS(=O)(=O)c1cccc(C(C)NC)c1.